The molecule has 3 fully saturated rings. The third kappa shape index (κ3) is 2.18. The number of hydrogen-bond acceptors (Lipinski definition) is 1. The Labute approximate surface area is 119 Å². The van der Waals surface area contributed by atoms with Gasteiger partial charge in [0.2, 0.25) is 0 Å². The first-order chi connectivity index (χ1) is 8.90. The molecule has 0 aliphatic heterocycles. The fourth-order valence-electron chi connectivity index (χ4n) is 6.18. The van der Waals surface area contributed by atoms with E-state index in [1.54, 1.807) is 0 Å². The molecule has 1 nitrogen and oxygen atoms in total. The summed E-state index contributed by atoms with van der Waals surface area (Å²) in [6.45, 7) is 11.9. The van der Waals surface area contributed by atoms with Gasteiger partial charge in [-0.1, -0.05) is 32.9 Å². The minimum Gasteiger partial charge on any atom is -0.327 e. The van der Waals surface area contributed by atoms with Crippen molar-refractivity contribution in [2.45, 2.75) is 65.3 Å². The number of nitrogens with two attached hydrogens (primary N) is 1. The molecule has 3 aliphatic rings. The fourth-order valence-corrected chi connectivity index (χ4v) is 6.18. The molecule has 0 saturated heterocycles. The van der Waals surface area contributed by atoms with Gasteiger partial charge in [-0.05, 0) is 73.5 Å². The highest BCUT2D eigenvalue weighted by Crippen LogP contribution is 2.59. The molecule has 0 aromatic heterocycles. The van der Waals surface area contributed by atoms with Crippen LogP contribution in [-0.2, 0) is 0 Å². The van der Waals surface area contributed by atoms with Crippen LogP contribution in [0, 0.1) is 35.0 Å². The van der Waals surface area contributed by atoms with E-state index in [0.717, 1.165) is 29.6 Å². The smallest absolute Gasteiger partial charge is 0.00757 e. The predicted octanol–water partition coefficient (Wildman–Crippen LogP) is 4.38. The molecule has 3 rings (SSSR count). The zero-order valence-corrected chi connectivity index (χ0v) is 13.0. The quantitative estimate of drug-likeness (QED) is 0.643. The summed E-state index contributed by atoms with van der Waals surface area (Å²) >= 11 is 0. The van der Waals surface area contributed by atoms with Gasteiger partial charge in [-0.15, -0.1) is 0 Å². The summed E-state index contributed by atoms with van der Waals surface area (Å²) in [6.07, 6.45) is 7.98. The van der Waals surface area contributed by atoms with Crippen molar-refractivity contribution in [1.29, 1.82) is 0 Å². The first-order valence-electron chi connectivity index (χ1n) is 8.33. The van der Waals surface area contributed by atoms with Gasteiger partial charge in [0.1, 0.15) is 0 Å². The fraction of sp³-hybridized carbons (Fsp3) is 0.889. The normalized spacial score (nSPS) is 49.4. The molecule has 108 valence electrons. The molecule has 1 heteroatoms. The van der Waals surface area contributed by atoms with Crippen LogP contribution in [0.15, 0.2) is 12.2 Å². The lowest BCUT2D eigenvalue weighted by atomic mass is 9.47. The molecule has 0 unspecified atom stereocenters. The van der Waals surface area contributed by atoms with Crippen LogP contribution in [0.1, 0.15) is 59.3 Å². The van der Waals surface area contributed by atoms with Gasteiger partial charge in [0.15, 0.2) is 0 Å². The van der Waals surface area contributed by atoms with E-state index < -0.39 is 0 Å². The largest absolute Gasteiger partial charge is 0.327 e. The second-order valence-electron chi connectivity index (χ2n) is 8.46. The van der Waals surface area contributed by atoms with E-state index in [1.165, 1.54) is 44.1 Å². The maximum Gasteiger partial charge on any atom is 0.00757 e. The Bertz CT molecular complexity index is 370. The lowest BCUT2D eigenvalue weighted by Gasteiger charge is -2.58. The highest BCUT2D eigenvalue weighted by Gasteiger charge is 2.53. The topological polar surface area (TPSA) is 26.0 Å². The Kier molecular flexibility index (Phi) is 3.32. The summed E-state index contributed by atoms with van der Waals surface area (Å²) in [5.74, 6) is 4.03. The molecule has 0 heterocycles. The van der Waals surface area contributed by atoms with Crippen LogP contribution in [0.3, 0.4) is 0 Å². The van der Waals surface area contributed by atoms with Crippen molar-refractivity contribution >= 4 is 0 Å². The Morgan fingerprint density at radius 1 is 1.26 bits per heavy atom. The Morgan fingerprint density at radius 3 is 2.74 bits per heavy atom. The first-order valence-corrected chi connectivity index (χ1v) is 8.33. The SMILES string of the molecule is C=C1CCC[C@H]2[C@H]1[C@@H]1[C@H](C[C@@H](C)CC1(C)C)C[C@@H]2N. The minimum absolute atomic E-state index is 0.435. The van der Waals surface area contributed by atoms with E-state index in [4.69, 9.17) is 5.73 Å². The van der Waals surface area contributed by atoms with Crippen molar-refractivity contribution in [2.75, 3.05) is 0 Å². The summed E-state index contributed by atoms with van der Waals surface area (Å²) in [5.41, 5.74) is 8.56. The molecular weight excluding hydrogens is 230 g/mol. The molecule has 19 heavy (non-hydrogen) atoms. The third-order valence-corrected chi connectivity index (χ3v) is 6.47. The number of rotatable bonds is 0. The standard InChI is InChI=1S/C18H31N/c1-11-8-13-9-15(19)14-7-5-6-12(2)16(14)17(13)18(3,4)10-11/h11,13-17H,2,5-10,19H2,1,3-4H3/t11-,13-,14-,15+,16+,17+/m1/s1. The molecule has 2 N–H and O–H groups in total. The number of allylic oxidation sites excluding steroid dienone is 1. The van der Waals surface area contributed by atoms with Crippen molar-refractivity contribution in [1.82, 2.24) is 0 Å². The van der Waals surface area contributed by atoms with Crippen LogP contribution in [0.25, 0.3) is 0 Å². The summed E-state index contributed by atoms with van der Waals surface area (Å²) in [6, 6.07) is 0.435. The van der Waals surface area contributed by atoms with Crippen LogP contribution in [0.2, 0.25) is 0 Å². The molecule has 0 aromatic rings. The molecule has 0 radical (unpaired) electrons. The summed E-state index contributed by atoms with van der Waals surface area (Å²) in [4.78, 5) is 0. The molecule has 0 spiro atoms. The van der Waals surface area contributed by atoms with E-state index in [2.05, 4.69) is 27.4 Å². The van der Waals surface area contributed by atoms with E-state index >= 15 is 0 Å². The second-order valence-corrected chi connectivity index (χ2v) is 8.46. The lowest BCUT2D eigenvalue weighted by molar-refractivity contribution is -0.0554. The molecule has 3 saturated carbocycles. The van der Waals surface area contributed by atoms with Gasteiger partial charge in [-0.25, -0.2) is 0 Å². The predicted molar refractivity (Wildman–Crippen MR) is 81.7 cm³/mol. The average molecular weight is 261 g/mol. The second kappa shape index (κ2) is 4.62. The van der Waals surface area contributed by atoms with Crippen LogP contribution in [0.4, 0.5) is 0 Å². The van der Waals surface area contributed by atoms with Gasteiger partial charge in [-0.3, -0.25) is 0 Å². The molecule has 0 aromatic carbocycles. The van der Waals surface area contributed by atoms with Gasteiger partial charge in [0.25, 0.3) is 0 Å². The van der Waals surface area contributed by atoms with Gasteiger partial charge in [0.05, 0.1) is 0 Å². The molecule has 3 aliphatic carbocycles. The van der Waals surface area contributed by atoms with Gasteiger partial charge in [0, 0.05) is 6.04 Å². The Morgan fingerprint density at radius 2 is 2.00 bits per heavy atom. The minimum atomic E-state index is 0.435. The molecule has 6 atom stereocenters. The highest BCUT2D eigenvalue weighted by molar-refractivity contribution is 5.16. The summed E-state index contributed by atoms with van der Waals surface area (Å²) < 4.78 is 0. The number of hydrogen-bond donors (Lipinski definition) is 1. The van der Waals surface area contributed by atoms with E-state index in [0.29, 0.717) is 11.5 Å². The van der Waals surface area contributed by atoms with Gasteiger partial charge >= 0.3 is 0 Å². The van der Waals surface area contributed by atoms with Crippen LogP contribution in [-0.4, -0.2) is 6.04 Å². The molecule has 0 amide bonds. The molecule has 0 bridgehead atoms. The first kappa shape index (κ1) is 13.7. The third-order valence-electron chi connectivity index (χ3n) is 6.47. The van der Waals surface area contributed by atoms with Crippen LogP contribution >= 0.6 is 0 Å². The van der Waals surface area contributed by atoms with Crippen molar-refractivity contribution in [3.05, 3.63) is 12.2 Å². The maximum absolute atomic E-state index is 6.55. The zero-order valence-electron chi connectivity index (χ0n) is 13.0. The lowest BCUT2D eigenvalue weighted by Crippen LogP contribution is -2.55. The summed E-state index contributed by atoms with van der Waals surface area (Å²) in [5, 5.41) is 0. The molecular formula is C18H31N. The van der Waals surface area contributed by atoms with Crippen molar-refractivity contribution in [2.24, 2.45) is 40.7 Å². The van der Waals surface area contributed by atoms with Crippen molar-refractivity contribution < 1.29 is 0 Å². The van der Waals surface area contributed by atoms with E-state index in [-0.39, 0.29) is 0 Å². The van der Waals surface area contributed by atoms with Gasteiger partial charge < -0.3 is 5.73 Å². The Hall–Kier alpha value is -0.300. The zero-order chi connectivity index (χ0) is 13.8. The Balaban J connectivity index is 1.96. The van der Waals surface area contributed by atoms with Crippen molar-refractivity contribution in [3.63, 3.8) is 0 Å². The van der Waals surface area contributed by atoms with Crippen LogP contribution < -0.4 is 5.73 Å². The maximum atomic E-state index is 6.55. The summed E-state index contributed by atoms with van der Waals surface area (Å²) in [7, 11) is 0. The van der Waals surface area contributed by atoms with Crippen molar-refractivity contribution in [3.8, 4) is 0 Å². The van der Waals surface area contributed by atoms with E-state index in [1.807, 2.05) is 0 Å². The van der Waals surface area contributed by atoms with E-state index in [9.17, 15) is 0 Å². The average Bonchev–Trinajstić information content (AvgIpc) is 2.28. The van der Waals surface area contributed by atoms with Gasteiger partial charge in [-0.2, -0.15) is 0 Å². The van der Waals surface area contributed by atoms with Crippen LogP contribution in [0.5, 0.6) is 0 Å². The highest BCUT2D eigenvalue weighted by atomic mass is 14.7. The monoisotopic (exact) mass is 261 g/mol. The number of fused-ring (bicyclic) bond motifs is 3.